The second-order valence-electron chi connectivity index (χ2n) is 6.22. The average Bonchev–Trinajstić information content (AvgIpc) is 2.68. The summed E-state index contributed by atoms with van der Waals surface area (Å²) in [6, 6.07) is 8.37. The molecule has 0 spiro atoms. The number of ether oxygens (including phenoxy) is 2. The van der Waals surface area contributed by atoms with E-state index in [-0.39, 0.29) is 5.56 Å². The Kier molecular flexibility index (Phi) is 6.61. The summed E-state index contributed by atoms with van der Waals surface area (Å²) in [4.78, 5) is 16.4. The molecule has 1 aromatic carbocycles. The summed E-state index contributed by atoms with van der Waals surface area (Å²) in [6.45, 7) is 4.08. The smallest absolute Gasteiger partial charge is 0.254 e. The highest BCUT2D eigenvalue weighted by Crippen LogP contribution is 2.40. The van der Waals surface area contributed by atoms with Crippen molar-refractivity contribution in [1.29, 1.82) is 0 Å². The molecular formula is C21H19BrClN3O3. The van der Waals surface area contributed by atoms with E-state index >= 15 is 0 Å². The summed E-state index contributed by atoms with van der Waals surface area (Å²) in [5.41, 5.74) is 7.72. The van der Waals surface area contributed by atoms with Gasteiger partial charge in [0.1, 0.15) is 11.5 Å². The number of aromatic nitrogens is 2. The predicted octanol–water partition coefficient (Wildman–Crippen LogP) is 5.19. The molecule has 0 aliphatic carbocycles. The van der Waals surface area contributed by atoms with Crippen molar-refractivity contribution in [2.24, 2.45) is 7.05 Å². The van der Waals surface area contributed by atoms with Gasteiger partial charge < -0.3 is 19.8 Å². The number of pyridine rings is 2. The summed E-state index contributed by atoms with van der Waals surface area (Å²) in [7, 11) is 1.67. The molecule has 8 heteroatoms. The molecule has 0 atom stereocenters. The second kappa shape index (κ2) is 9.15. The fraction of sp³-hybridized carbons (Fsp3) is 0.143. The normalized spacial score (nSPS) is 10.6. The minimum absolute atomic E-state index is 0.184. The van der Waals surface area contributed by atoms with Crippen molar-refractivity contribution < 1.29 is 9.47 Å². The van der Waals surface area contributed by atoms with Crippen molar-refractivity contribution in [3.63, 3.8) is 0 Å². The van der Waals surface area contributed by atoms with Gasteiger partial charge in [0, 0.05) is 42.3 Å². The molecule has 0 radical (unpaired) electrons. The van der Waals surface area contributed by atoms with Crippen molar-refractivity contribution in [3.05, 3.63) is 75.2 Å². The quantitative estimate of drug-likeness (QED) is 0.288. The van der Waals surface area contributed by atoms with Crippen LogP contribution in [-0.4, -0.2) is 16.2 Å². The third-order valence-corrected chi connectivity index (χ3v) is 4.82. The third-order valence-electron chi connectivity index (χ3n) is 4.04. The molecule has 150 valence electrons. The topological polar surface area (TPSA) is 79.4 Å². The van der Waals surface area contributed by atoms with E-state index in [0.717, 1.165) is 0 Å². The van der Waals surface area contributed by atoms with Crippen molar-refractivity contribution in [3.8, 4) is 28.5 Å². The van der Waals surface area contributed by atoms with Gasteiger partial charge in [-0.25, -0.2) is 4.98 Å². The molecule has 0 aliphatic heterocycles. The minimum Gasteiger partial charge on any atom is -0.492 e. The maximum Gasteiger partial charge on any atom is 0.254 e. The molecule has 0 bridgehead atoms. The van der Waals surface area contributed by atoms with E-state index < -0.39 is 0 Å². The first-order chi connectivity index (χ1) is 13.9. The number of hydrogen-bond acceptors (Lipinski definition) is 5. The van der Waals surface area contributed by atoms with Crippen LogP contribution in [0, 0.1) is 0 Å². The highest BCUT2D eigenvalue weighted by atomic mass is 79.9. The van der Waals surface area contributed by atoms with Crippen LogP contribution in [0.25, 0.3) is 11.1 Å². The van der Waals surface area contributed by atoms with Gasteiger partial charge in [0.05, 0.1) is 16.1 Å². The van der Waals surface area contributed by atoms with Gasteiger partial charge in [0.2, 0.25) is 5.88 Å². The summed E-state index contributed by atoms with van der Waals surface area (Å²) in [5.74, 6) is 1.29. The molecule has 2 heterocycles. The summed E-state index contributed by atoms with van der Waals surface area (Å²) < 4.78 is 13.9. The Bertz CT molecular complexity index is 1110. The first-order valence-corrected chi connectivity index (χ1v) is 9.89. The first kappa shape index (κ1) is 21.0. The fourth-order valence-corrected chi connectivity index (χ4v) is 3.33. The number of nitrogens with zero attached hydrogens (tertiary/aromatic N) is 2. The molecule has 3 aromatic rings. The Hall–Kier alpha value is -2.77. The summed E-state index contributed by atoms with van der Waals surface area (Å²) in [5, 5.41) is 0.484. The van der Waals surface area contributed by atoms with Crippen molar-refractivity contribution in [1.82, 2.24) is 9.55 Å². The minimum atomic E-state index is -0.184. The number of rotatable bonds is 7. The van der Waals surface area contributed by atoms with Crippen LogP contribution in [0.1, 0.15) is 6.42 Å². The molecular weight excluding hydrogens is 458 g/mol. The molecule has 0 saturated carbocycles. The Morgan fingerprint density at radius 3 is 2.79 bits per heavy atom. The van der Waals surface area contributed by atoms with Crippen LogP contribution in [0.4, 0.5) is 5.69 Å². The second-order valence-corrected chi connectivity index (χ2v) is 7.52. The van der Waals surface area contributed by atoms with Crippen molar-refractivity contribution in [2.45, 2.75) is 6.42 Å². The van der Waals surface area contributed by atoms with Gasteiger partial charge in [-0.15, -0.1) is 6.58 Å². The Labute approximate surface area is 181 Å². The molecule has 0 fully saturated rings. The van der Waals surface area contributed by atoms with Crippen LogP contribution in [0.15, 0.2) is 64.6 Å². The number of anilines is 1. The lowest BCUT2D eigenvalue weighted by Crippen LogP contribution is -2.16. The largest absolute Gasteiger partial charge is 0.492 e. The average molecular weight is 477 g/mol. The highest BCUT2D eigenvalue weighted by molar-refractivity contribution is 9.10. The van der Waals surface area contributed by atoms with E-state index in [2.05, 4.69) is 27.5 Å². The lowest BCUT2D eigenvalue weighted by atomic mass is 10.0. The zero-order valence-corrected chi connectivity index (χ0v) is 18.0. The number of nitrogens with two attached hydrogens (primary N) is 1. The highest BCUT2D eigenvalue weighted by Gasteiger charge is 2.17. The van der Waals surface area contributed by atoms with Gasteiger partial charge in [0.25, 0.3) is 5.56 Å². The van der Waals surface area contributed by atoms with Crippen LogP contribution >= 0.6 is 27.5 Å². The number of benzene rings is 1. The zero-order chi connectivity index (χ0) is 21.0. The molecule has 2 N–H and O–H groups in total. The van der Waals surface area contributed by atoms with Crippen LogP contribution in [0.5, 0.6) is 17.4 Å². The van der Waals surface area contributed by atoms with E-state index in [1.54, 1.807) is 43.6 Å². The van der Waals surface area contributed by atoms with Crippen LogP contribution < -0.4 is 20.8 Å². The van der Waals surface area contributed by atoms with Gasteiger partial charge in [-0.05, 0) is 46.6 Å². The Balaban J connectivity index is 2.10. The fourth-order valence-electron chi connectivity index (χ4n) is 2.61. The number of aryl methyl sites for hydroxylation is 1. The molecule has 3 rings (SSSR count). The van der Waals surface area contributed by atoms with Gasteiger partial charge in [-0.1, -0.05) is 17.7 Å². The number of hydrogen-bond donors (Lipinski definition) is 1. The van der Waals surface area contributed by atoms with Gasteiger partial charge in [-0.3, -0.25) is 4.79 Å². The Morgan fingerprint density at radius 1 is 1.28 bits per heavy atom. The SMILES string of the molecule is C=CCCOc1cc(=O)n(C)cc1-c1cc(N)ccc1Oc1ncc(Cl)cc1Br. The maximum absolute atomic E-state index is 12.2. The van der Waals surface area contributed by atoms with Gasteiger partial charge in [-0.2, -0.15) is 0 Å². The van der Waals surface area contributed by atoms with E-state index in [9.17, 15) is 4.79 Å². The van der Waals surface area contributed by atoms with E-state index in [1.165, 1.54) is 16.8 Å². The molecule has 0 amide bonds. The number of nitrogen functional groups attached to an aromatic ring is 1. The molecule has 0 unspecified atom stereocenters. The zero-order valence-electron chi connectivity index (χ0n) is 15.7. The van der Waals surface area contributed by atoms with Gasteiger partial charge in [0.15, 0.2) is 0 Å². The lowest BCUT2D eigenvalue weighted by molar-refractivity contribution is 0.325. The molecule has 29 heavy (non-hydrogen) atoms. The maximum atomic E-state index is 12.2. The molecule has 0 saturated heterocycles. The molecule has 2 aromatic heterocycles. The predicted molar refractivity (Wildman–Crippen MR) is 119 cm³/mol. The molecule has 6 nitrogen and oxygen atoms in total. The van der Waals surface area contributed by atoms with Crippen LogP contribution in [0.3, 0.4) is 0 Å². The lowest BCUT2D eigenvalue weighted by Gasteiger charge is -2.16. The van der Waals surface area contributed by atoms with Crippen molar-refractivity contribution >= 4 is 33.2 Å². The van der Waals surface area contributed by atoms with E-state index in [0.29, 0.717) is 56.7 Å². The summed E-state index contributed by atoms with van der Waals surface area (Å²) >= 11 is 9.36. The van der Waals surface area contributed by atoms with E-state index in [1.807, 2.05) is 0 Å². The third kappa shape index (κ3) is 4.99. The Morgan fingerprint density at radius 2 is 2.07 bits per heavy atom. The van der Waals surface area contributed by atoms with Crippen LogP contribution in [0.2, 0.25) is 5.02 Å². The van der Waals surface area contributed by atoms with E-state index in [4.69, 9.17) is 26.8 Å². The molecule has 0 aliphatic rings. The van der Waals surface area contributed by atoms with Crippen molar-refractivity contribution in [2.75, 3.05) is 12.3 Å². The number of halogens is 2. The monoisotopic (exact) mass is 475 g/mol. The van der Waals surface area contributed by atoms with Crippen LogP contribution in [-0.2, 0) is 7.05 Å². The summed E-state index contributed by atoms with van der Waals surface area (Å²) in [6.07, 6.45) is 5.59. The van der Waals surface area contributed by atoms with Gasteiger partial charge >= 0.3 is 0 Å². The first-order valence-electron chi connectivity index (χ1n) is 8.72. The standard InChI is InChI=1S/C21H19BrClN3O3/c1-3-4-7-28-19-10-20(27)26(2)12-16(19)15-9-14(24)5-6-18(15)29-21-17(22)8-13(23)11-25-21/h3,5-6,8-12H,1,4,7,24H2,2H3.